The lowest BCUT2D eigenvalue weighted by Gasteiger charge is -2.13. The SMILES string of the molecule is c1ccc(-c2cc(-c3ccc(-c4cc(-c5ccc(-c6cccc7cccnc67)cc5)cc5ccccc45)cc3)nc(-c3ccccc3)n2)cc1. The quantitative estimate of drug-likeness (QED) is 0.182. The number of pyridine rings is 1. The second-order valence-electron chi connectivity index (χ2n) is 12.5. The molecule has 3 heteroatoms. The smallest absolute Gasteiger partial charge is 0.160 e. The lowest BCUT2D eigenvalue weighted by molar-refractivity contribution is 1.18. The summed E-state index contributed by atoms with van der Waals surface area (Å²) < 4.78 is 0. The monoisotopic (exact) mass is 637 g/mol. The van der Waals surface area contributed by atoms with E-state index in [1.165, 1.54) is 27.5 Å². The number of para-hydroxylation sites is 1. The number of nitrogens with zero attached hydrogens (tertiary/aromatic N) is 3. The highest BCUT2D eigenvalue weighted by molar-refractivity contribution is 6.00. The standard InChI is InChI=1S/C47H31N3/c1-3-11-35(12-4-1)44-31-45(50-47(49-44)38-13-5-2-6-14-38)36-26-24-34(25-27-36)43-30-40(29-39-15-7-8-18-41(39)43)32-20-22-33(23-21-32)42-19-9-16-37-17-10-28-48-46(37)42/h1-31H. The molecule has 0 saturated carbocycles. The van der Waals surface area contributed by atoms with Gasteiger partial charge in [-0.2, -0.15) is 0 Å². The first-order valence-corrected chi connectivity index (χ1v) is 16.8. The summed E-state index contributed by atoms with van der Waals surface area (Å²) in [5, 5.41) is 3.58. The first-order valence-electron chi connectivity index (χ1n) is 16.8. The average molecular weight is 638 g/mol. The van der Waals surface area contributed by atoms with Gasteiger partial charge in [-0.3, -0.25) is 4.98 Å². The number of rotatable bonds is 6. The first-order chi connectivity index (χ1) is 24.8. The molecule has 3 nitrogen and oxygen atoms in total. The topological polar surface area (TPSA) is 38.7 Å². The van der Waals surface area contributed by atoms with Gasteiger partial charge in [0.2, 0.25) is 0 Å². The van der Waals surface area contributed by atoms with E-state index in [1.54, 1.807) is 0 Å². The largest absolute Gasteiger partial charge is 0.256 e. The maximum Gasteiger partial charge on any atom is 0.160 e. The molecular formula is C47H31N3. The van der Waals surface area contributed by atoms with Crippen molar-refractivity contribution in [3.8, 4) is 67.3 Å². The Kier molecular flexibility index (Phi) is 7.49. The summed E-state index contributed by atoms with van der Waals surface area (Å²) >= 11 is 0. The van der Waals surface area contributed by atoms with Crippen LogP contribution < -0.4 is 0 Å². The van der Waals surface area contributed by atoms with Crippen LogP contribution in [0.1, 0.15) is 0 Å². The maximum atomic E-state index is 5.04. The Hall–Kier alpha value is -6.71. The zero-order valence-corrected chi connectivity index (χ0v) is 27.2. The minimum Gasteiger partial charge on any atom is -0.256 e. The Bertz CT molecular complexity index is 2550. The van der Waals surface area contributed by atoms with Gasteiger partial charge in [0, 0.05) is 33.8 Å². The van der Waals surface area contributed by atoms with E-state index in [9.17, 15) is 0 Å². The van der Waals surface area contributed by atoms with Crippen LogP contribution in [0.3, 0.4) is 0 Å². The normalized spacial score (nSPS) is 11.2. The molecule has 50 heavy (non-hydrogen) atoms. The Labute approximate surface area is 291 Å². The van der Waals surface area contributed by atoms with Crippen molar-refractivity contribution < 1.29 is 0 Å². The predicted molar refractivity (Wildman–Crippen MR) is 207 cm³/mol. The Morgan fingerprint density at radius 1 is 0.320 bits per heavy atom. The summed E-state index contributed by atoms with van der Waals surface area (Å²) in [6.07, 6.45) is 1.86. The van der Waals surface area contributed by atoms with Gasteiger partial charge in [-0.15, -0.1) is 0 Å². The molecule has 0 atom stereocenters. The van der Waals surface area contributed by atoms with Crippen LogP contribution in [0.5, 0.6) is 0 Å². The van der Waals surface area contributed by atoms with E-state index in [-0.39, 0.29) is 0 Å². The molecule has 0 bridgehead atoms. The molecule has 0 aliphatic heterocycles. The van der Waals surface area contributed by atoms with Crippen molar-refractivity contribution in [2.24, 2.45) is 0 Å². The maximum absolute atomic E-state index is 5.04. The third kappa shape index (κ3) is 5.61. The van der Waals surface area contributed by atoms with Gasteiger partial charge >= 0.3 is 0 Å². The van der Waals surface area contributed by atoms with Gasteiger partial charge in [0.25, 0.3) is 0 Å². The lowest BCUT2D eigenvalue weighted by Crippen LogP contribution is -1.95. The molecule has 0 N–H and O–H groups in total. The molecule has 0 saturated heterocycles. The first kappa shape index (κ1) is 29.4. The summed E-state index contributed by atoms with van der Waals surface area (Å²) in [5.74, 6) is 0.715. The van der Waals surface area contributed by atoms with Crippen molar-refractivity contribution >= 4 is 21.7 Å². The fourth-order valence-electron chi connectivity index (χ4n) is 6.78. The highest BCUT2D eigenvalue weighted by atomic mass is 14.9. The van der Waals surface area contributed by atoms with E-state index in [2.05, 4.69) is 145 Å². The van der Waals surface area contributed by atoms with E-state index in [0.717, 1.165) is 55.7 Å². The molecule has 234 valence electrons. The molecule has 0 unspecified atom stereocenters. The van der Waals surface area contributed by atoms with Gasteiger partial charge in [0.1, 0.15) is 0 Å². The molecule has 0 spiro atoms. The second kappa shape index (κ2) is 12.7. The minimum absolute atomic E-state index is 0.715. The molecule has 9 aromatic rings. The third-order valence-electron chi connectivity index (χ3n) is 9.34. The van der Waals surface area contributed by atoms with Gasteiger partial charge in [0.15, 0.2) is 5.82 Å². The van der Waals surface area contributed by atoms with Crippen LogP contribution in [-0.2, 0) is 0 Å². The van der Waals surface area contributed by atoms with Gasteiger partial charge < -0.3 is 0 Å². The van der Waals surface area contributed by atoms with Crippen LogP contribution in [0.15, 0.2) is 188 Å². The molecule has 0 radical (unpaired) electrons. The summed E-state index contributed by atoms with van der Waals surface area (Å²) in [6.45, 7) is 0. The Morgan fingerprint density at radius 3 is 1.62 bits per heavy atom. The molecule has 2 heterocycles. The van der Waals surface area contributed by atoms with Gasteiger partial charge in [0.05, 0.1) is 16.9 Å². The number of benzene rings is 7. The van der Waals surface area contributed by atoms with E-state index in [4.69, 9.17) is 9.97 Å². The van der Waals surface area contributed by atoms with E-state index < -0.39 is 0 Å². The van der Waals surface area contributed by atoms with Crippen molar-refractivity contribution in [1.29, 1.82) is 0 Å². The molecule has 0 amide bonds. The molecule has 7 aromatic carbocycles. The van der Waals surface area contributed by atoms with Gasteiger partial charge in [-0.25, -0.2) is 9.97 Å². The van der Waals surface area contributed by atoms with Crippen molar-refractivity contribution in [1.82, 2.24) is 15.0 Å². The fourth-order valence-corrected chi connectivity index (χ4v) is 6.78. The highest BCUT2D eigenvalue weighted by Crippen LogP contribution is 2.37. The zero-order chi connectivity index (χ0) is 33.3. The Morgan fingerprint density at radius 2 is 0.880 bits per heavy atom. The third-order valence-corrected chi connectivity index (χ3v) is 9.34. The minimum atomic E-state index is 0.715. The van der Waals surface area contributed by atoms with Crippen LogP contribution in [0, 0.1) is 0 Å². The number of fused-ring (bicyclic) bond motifs is 2. The lowest BCUT2D eigenvalue weighted by atomic mass is 9.91. The highest BCUT2D eigenvalue weighted by Gasteiger charge is 2.13. The van der Waals surface area contributed by atoms with Crippen molar-refractivity contribution in [2.75, 3.05) is 0 Å². The predicted octanol–water partition coefficient (Wildman–Crippen LogP) is 12.2. The van der Waals surface area contributed by atoms with Crippen LogP contribution in [0.2, 0.25) is 0 Å². The van der Waals surface area contributed by atoms with Gasteiger partial charge in [-0.1, -0.05) is 158 Å². The van der Waals surface area contributed by atoms with E-state index in [0.29, 0.717) is 5.82 Å². The summed E-state index contributed by atoms with van der Waals surface area (Å²) in [7, 11) is 0. The van der Waals surface area contributed by atoms with Crippen molar-refractivity contribution in [3.63, 3.8) is 0 Å². The van der Waals surface area contributed by atoms with Crippen molar-refractivity contribution in [3.05, 3.63) is 188 Å². The number of hydrogen-bond acceptors (Lipinski definition) is 3. The average Bonchev–Trinajstić information content (AvgIpc) is 3.21. The molecule has 0 fully saturated rings. The van der Waals surface area contributed by atoms with E-state index >= 15 is 0 Å². The fraction of sp³-hybridized carbons (Fsp3) is 0. The van der Waals surface area contributed by atoms with Crippen LogP contribution in [0.25, 0.3) is 89.0 Å². The Balaban J connectivity index is 1.10. The number of aromatic nitrogens is 3. The van der Waals surface area contributed by atoms with Crippen LogP contribution >= 0.6 is 0 Å². The molecule has 9 rings (SSSR count). The number of hydrogen-bond donors (Lipinski definition) is 0. The zero-order valence-electron chi connectivity index (χ0n) is 27.2. The molecular weight excluding hydrogens is 607 g/mol. The summed E-state index contributed by atoms with van der Waals surface area (Å²) in [4.78, 5) is 14.7. The summed E-state index contributed by atoms with van der Waals surface area (Å²) in [5.41, 5.74) is 12.9. The summed E-state index contributed by atoms with van der Waals surface area (Å²) in [6, 6.07) is 63.9. The van der Waals surface area contributed by atoms with Crippen LogP contribution in [-0.4, -0.2) is 15.0 Å². The molecule has 0 aliphatic rings. The van der Waals surface area contributed by atoms with Crippen LogP contribution in [0.4, 0.5) is 0 Å². The van der Waals surface area contributed by atoms with E-state index in [1.807, 2.05) is 48.7 Å². The van der Waals surface area contributed by atoms with Crippen molar-refractivity contribution in [2.45, 2.75) is 0 Å². The molecule has 0 aliphatic carbocycles. The second-order valence-corrected chi connectivity index (χ2v) is 12.5. The molecule has 2 aromatic heterocycles. The van der Waals surface area contributed by atoms with Gasteiger partial charge in [-0.05, 0) is 62.9 Å².